The first-order valence-corrected chi connectivity index (χ1v) is 7.26. The Labute approximate surface area is 125 Å². The Balaban J connectivity index is 2.01. The summed E-state index contributed by atoms with van der Waals surface area (Å²) >= 11 is 0. The van der Waals surface area contributed by atoms with Crippen LogP contribution in [0.25, 0.3) is 10.8 Å². The number of hydrogen-bond acceptors (Lipinski definition) is 2. The van der Waals surface area contributed by atoms with Crippen molar-refractivity contribution in [3.63, 3.8) is 0 Å². The van der Waals surface area contributed by atoms with Crippen LogP contribution in [0.2, 0.25) is 0 Å². The molecule has 0 bridgehead atoms. The van der Waals surface area contributed by atoms with E-state index in [0.29, 0.717) is 0 Å². The number of fused-ring (bicyclic) bond motifs is 1. The maximum atomic E-state index is 6.15. The van der Waals surface area contributed by atoms with Crippen LogP contribution in [0.4, 0.5) is 5.69 Å². The second kappa shape index (κ2) is 4.92. The number of aromatic nitrogens is 2. The molecule has 0 aliphatic heterocycles. The highest BCUT2D eigenvalue weighted by molar-refractivity contribution is 5.86. The lowest BCUT2D eigenvalue weighted by molar-refractivity contribution is 0.353. The monoisotopic (exact) mass is 279 g/mol. The van der Waals surface area contributed by atoms with Crippen LogP contribution < -0.4 is 5.73 Å². The summed E-state index contributed by atoms with van der Waals surface area (Å²) in [7, 11) is 0. The molecule has 0 aliphatic rings. The van der Waals surface area contributed by atoms with Gasteiger partial charge in [0.25, 0.3) is 0 Å². The fraction of sp³-hybridized carbons (Fsp3) is 0.278. The van der Waals surface area contributed by atoms with E-state index in [2.05, 4.69) is 68.3 Å². The van der Waals surface area contributed by atoms with Gasteiger partial charge >= 0.3 is 0 Å². The van der Waals surface area contributed by atoms with Crippen LogP contribution in [0.15, 0.2) is 48.7 Å². The zero-order valence-corrected chi connectivity index (χ0v) is 12.8. The molecule has 0 radical (unpaired) electrons. The van der Waals surface area contributed by atoms with Gasteiger partial charge in [-0.15, -0.1) is 0 Å². The van der Waals surface area contributed by atoms with Gasteiger partial charge in [0.1, 0.15) is 0 Å². The van der Waals surface area contributed by atoms with Crippen LogP contribution in [-0.2, 0) is 12.0 Å². The predicted octanol–water partition coefficient (Wildman–Crippen LogP) is 3.96. The minimum atomic E-state index is -0.0505. The Morgan fingerprint density at radius 2 is 1.76 bits per heavy atom. The summed E-state index contributed by atoms with van der Waals surface area (Å²) < 4.78 is 1.95. The molecule has 21 heavy (non-hydrogen) atoms. The molecule has 108 valence electrons. The smallest absolute Gasteiger partial charge is 0.0898 e. The van der Waals surface area contributed by atoms with Crippen molar-refractivity contribution >= 4 is 16.5 Å². The lowest BCUT2D eigenvalue weighted by Crippen LogP contribution is -2.22. The zero-order valence-electron chi connectivity index (χ0n) is 12.8. The molecule has 0 amide bonds. The topological polar surface area (TPSA) is 43.8 Å². The van der Waals surface area contributed by atoms with Crippen molar-refractivity contribution < 1.29 is 0 Å². The molecule has 1 aromatic heterocycles. The van der Waals surface area contributed by atoms with E-state index in [1.165, 1.54) is 16.3 Å². The molecule has 1 heterocycles. The molecular weight excluding hydrogens is 258 g/mol. The highest BCUT2D eigenvalue weighted by Gasteiger charge is 2.17. The maximum Gasteiger partial charge on any atom is 0.0898 e. The van der Waals surface area contributed by atoms with Gasteiger partial charge in [-0.2, -0.15) is 5.10 Å². The molecule has 0 saturated carbocycles. The van der Waals surface area contributed by atoms with Gasteiger partial charge < -0.3 is 5.73 Å². The summed E-state index contributed by atoms with van der Waals surface area (Å²) in [5, 5.41) is 7.20. The summed E-state index contributed by atoms with van der Waals surface area (Å²) in [5.41, 5.74) is 9.07. The average Bonchev–Trinajstić information content (AvgIpc) is 2.81. The predicted molar refractivity (Wildman–Crippen MR) is 88.4 cm³/mol. The summed E-state index contributed by atoms with van der Waals surface area (Å²) in [6.07, 6.45) is 2.69. The largest absolute Gasteiger partial charge is 0.396 e. The fourth-order valence-electron chi connectivity index (χ4n) is 2.53. The van der Waals surface area contributed by atoms with Gasteiger partial charge in [-0.3, -0.25) is 4.68 Å². The van der Waals surface area contributed by atoms with Gasteiger partial charge in [0, 0.05) is 12.6 Å². The number of nitrogens with zero attached hydrogens (tertiary/aromatic N) is 2. The SMILES string of the molecule is CC(C)(C)n1cc(N)c(Cc2cccc3ccccc23)n1. The summed E-state index contributed by atoms with van der Waals surface area (Å²) in [6, 6.07) is 14.8. The van der Waals surface area contributed by atoms with Crippen LogP contribution in [0.1, 0.15) is 32.0 Å². The normalized spacial score (nSPS) is 12.0. The van der Waals surface area contributed by atoms with E-state index in [0.717, 1.165) is 17.8 Å². The van der Waals surface area contributed by atoms with Crippen LogP contribution in [0.5, 0.6) is 0 Å². The van der Waals surface area contributed by atoms with Crippen molar-refractivity contribution in [1.82, 2.24) is 9.78 Å². The molecule has 0 spiro atoms. The van der Waals surface area contributed by atoms with Crippen molar-refractivity contribution in [2.45, 2.75) is 32.7 Å². The van der Waals surface area contributed by atoms with Gasteiger partial charge in [-0.05, 0) is 37.1 Å². The molecule has 3 heteroatoms. The molecule has 0 aliphatic carbocycles. The molecular formula is C18H21N3. The molecule has 0 atom stereocenters. The van der Waals surface area contributed by atoms with Crippen molar-refractivity contribution in [1.29, 1.82) is 0 Å². The Morgan fingerprint density at radius 3 is 2.48 bits per heavy atom. The van der Waals surface area contributed by atoms with Crippen LogP contribution in [0.3, 0.4) is 0 Å². The fourth-order valence-corrected chi connectivity index (χ4v) is 2.53. The second-order valence-corrected chi connectivity index (χ2v) is 6.46. The molecule has 3 aromatic rings. The Kier molecular flexibility index (Phi) is 3.20. The number of anilines is 1. The summed E-state index contributed by atoms with van der Waals surface area (Å²) in [5.74, 6) is 0. The Hall–Kier alpha value is -2.29. The Bertz CT molecular complexity index is 773. The van der Waals surface area contributed by atoms with Gasteiger partial charge in [0.2, 0.25) is 0 Å². The minimum absolute atomic E-state index is 0.0505. The van der Waals surface area contributed by atoms with Crippen molar-refractivity contribution in [2.24, 2.45) is 0 Å². The van der Waals surface area contributed by atoms with Crippen molar-refractivity contribution in [3.8, 4) is 0 Å². The van der Waals surface area contributed by atoms with E-state index >= 15 is 0 Å². The van der Waals surface area contributed by atoms with Gasteiger partial charge in [0.15, 0.2) is 0 Å². The van der Waals surface area contributed by atoms with E-state index in [4.69, 9.17) is 5.73 Å². The van der Waals surface area contributed by atoms with Gasteiger partial charge in [-0.25, -0.2) is 0 Å². The molecule has 2 aromatic carbocycles. The first-order valence-electron chi connectivity index (χ1n) is 7.26. The highest BCUT2D eigenvalue weighted by atomic mass is 15.3. The summed E-state index contributed by atoms with van der Waals surface area (Å²) in [6.45, 7) is 6.38. The van der Waals surface area contributed by atoms with E-state index < -0.39 is 0 Å². The zero-order chi connectivity index (χ0) is 15.0. The van der Waals surface area contributed by atoms with E-state index in [1.54, 1.807) is 0 Å². The van der Waals surface area contributed by atoms with E-state index in [1.807, 2.05) is 10.9 Å². The first-order chi connectivity index (χ1) is 9.95. The average molecular weight is 279 g/mol. The number of hydrogen-bond donors (Lipinski definition) is 1. The van der Waals surface area contributed by atoms with Gasteiger partial charge in [0.05, 0.1) is 16.9 Å². The lowest BCUT2D eigenvalue weighted by atomic mass is 10.0. The third-order valence-corrected chi connectivity index (χ3v) is 3.75. The molecule has 0 unspecified atom stereocenters. The molecule has 2 N–H and O–H groups in total. The number of rotatable bonds is 2. The van der Waals surface area contributed by atoms with Crippen LogP contribution in [0, 0.1) is 0 Å². The first kappa shape index (κ1) is 13.7. The van der Waals surface area contributed by atoms with E-state index in [-0.39, 0.29) is 5.54 Å². The Morgan fingerprint density at radius 1 is 1.05 bits per heavy atom. The lowest BCUT2D eigenvalue weighted by Gasteiger charge is -2.18. The highest BCUT2D eigenvalue weighted by Crippen LogP contribution is 2.24. The van der Waals surface area contributed by atoms with Crippen LogP contribution >= 0.6 is 0 Å². The van der Waals surface area contributed by atoms with E-state index in [9.17, 15) is 0 Å². The second-order valence-electron chi connectivity index (χ2n) is 6.46. The number of benzene rings is 2. The summed E-state index contributed by atoms with van der Waals surface area (Å²) in [4.78, 5) is 0. The molecule has 0 fully saturated rings. The number of nitrogens with two attached hydrogens (primary N) is 1. The maximum absolute atomic E-state index is 6.15. The quantitative estimate of drug-likeness (QED) is 0.771. The minimum Gasteiger partial charge on any atom is -0.396 e. The number of nitrogen functional groups attached to an aromatic ring is 1. The standard InChI is InChI=1S/C18H21N3/c1-18(2,3)21-12-16(19)17(20-21)11-14-9-6-8-13-7-4-5-10-15(13)14/h4-10,12H,11,19H2,1-3H3. The molecule has 3 nitrogen and oxygen atoms in total. The van der Waals surface area contributed by atoms with Crippen molar-refractivity contribution in [3.05, 3.63) is 59.9 Å². The third kappa shape index (κ3) is 2.64. The molecule has 0 saturated heterocycles. The van der Waals surface area contributed by atoms with Crippen molar-refractivity contribution in [2.75, 3.05) is 5.73 Å². The van der Waals surface area contributed by atoms with Gasteiger partial charge in [-0.1, -0.05) is 42.5 Å². The third-order valence-electron chi connectivity index (χ3n) is 3.75. The molecule has 3 rings (SSSR count). The van der Waals surface area contributed by atoms with Crippen LogP contribution in [-0.4, -0.2) is 9.78 Å².